The van der Waals surface area contributed by atoms with Crippen molar-refractivity contribution in [2.45, 2.75) is 66.6 Å². The molecule has 0 bridgehead atoms. The number of aryl methyl sites for hydroxylation is 4. The van der Waals surface area contributed by atoms with Crippen LogP contribution in [0, 0.1) is 27.7 Å². The van der Waals surface area contributed by atoms with Crippen LogP contribution in [0.15, 0.2) is 50.0 Å². The van der Waals surface area contributed by atoms with Gasteiger partial charge in [-0.1, -0.05) is 10.3 Å². The molecule has 0 saturated carbocycles. The number of nitrogens with zero attached hydrogens (tertiary/aromatic N) is 2. The molecule has 0 unspecified atom stereocenters. The highest BCUT2D eigenvalue weighted by Gasteiger charge is 2.32. The monoisotopic (exact) mass is 748 g/mol. The van der Waals surface area contributed by atoms with Crippen LogP contribution in [0.5, 0.6) is 11.5 Å². The van der Waals surface area contributed by atoms with Crippen LogP contribution in [-0.4, -0.2) is 76.3 Å². The molecule has 0 atom stereocenters. The SMILES string of the molecule is CC(C)(O)C(C)(C)O.COc1ccc2[nH]c(-c3c(C)noc3C)c(C=O)c2c1.COc1ccc2[nH]c(Br)c(C=O)c2c1.[B]c1c(C)noc1C. The Balaban J connectivity index is 0.000000196. The van der Waals surface area contributed by atoms with Gasteiger partial charge >= 0.3 is 0 Å². The van der Waals surface area contributed by atoms with Crippen LogP contribution < -0.4 is 14.9 Å². The number of methoxy groups -OCH3 is 2. The van der Waals surface area contributed by atoms with E-state index in [1.165, 1.54) is 0 Å². The normalized spacial score (nSPS) is 11.1. The Kier molecular flexibility index (Phi) is 13.0. The highest BCUT2D eigenvalue weighted by molar-refractivity contribution is 9.10. The Morgan fingerprint density at radius 3 is 1.58 bits per heavy atom. The number of aldehydes is 2. The van der Waals surface area contributed by atoms with Crippen LogP contribution >= 0.6 is 15.9 Å². The fourth-order valence-electron chi connectivity index (χ4n) is 4.37. The zero-order valence-electron chi connectivity index (χ0n) is 29.8. The number of carbonyl (C=O) groups is 2. The van der Waals surface area contributed by atoms with E-state index in [0.29, 0.717) is 38.5 Å². The van der Waals surface area contributed by atoms with Crippen molar-refractivity contribution in [3.63, 3.8) is 0 Å². The molecule has 4 heterocycles. The number of nitrogens with one attached hydrogen (secondary N) is 2. The minimum Gasteiger partial charge on any atom is -0.497 e. The highest BCUT2D eigenvalue weighted by Crippen LogP contribution is 2.34. The lowest BCUT2D eigenvalue weighted by Crippen LogP contribution is -2.44. The number of benzene rings is 2. The maximum Gasteiger partial charge on any atom is 0.153 e. The quantitative estimate of drug-likeness (QED) is 0.107. The Hall–Kier alpha value is -4.66. The molecular formula is C36H42BBrN4O8. The first kappa shape index (κ1) is 39.8. The van der Waals surface area contributed by atoms with Crippen molar-refractivity contribution in [2.75, 3.05) is 14.2 Å². The fraction of sp³-hybridized carbons (Fsp3) is 0.333. The highest BCUT2D eigenvalue weighted by atomic mass is 79.9. The molecule has 6 rings (SSSR count). The summed E-state index contributed by atoms with van der Waals surface area (Å²) in [5, 5.41) is 27.5. The lowest BCUT2D eigenvalue weighted by atomic mass is 9.90. The van der Waals surface area contributed by atoms with Gasteiger partial charge in [0.15, 0.2) is 12.6 Å². The summed E-state index contributed by atoms with van der Waals surface area (Å²) in [6.45, 7) is 13.6. The first-order valence-electron chi connectivity index (χ1n) is 15.4. The lowest BCUT2D eigenvalue weighted by molar-refractivity contribution is -0.107. The van der Waals surface area contributed by atoms with E-state index in [2.05, 4.69) is 36.2 Å². The minimum absolute atomic E-state index is 0.591. The van der Waals surface area contributed by atoms with E-state index in [4.69, 9.17) is 36.6 Å². The van der Waals surface area contributed by atoms with Gasteiger partial charge in [-0.25, -0.2) is 0 Å². The summed E-state index contributed by atoms with van der Waals surface area (Å²) >= 11 is 3.29. The second kappa shape index (κ2) is 16.4. The van der Waals surface area contributed by atoms with Gasteiger partial charge in [0.1, 0.15) is 30.9 Å². The molecular weight excluding hydrogens is 707 g/mol. The predicted molar refractivity (Wildman–Crippen MR) is 197 cm³/mol. The van der Waals surface area contributed by atoms with Gasteiger partial charge in [0.05, 0.1) is 58.2 Å². The third-order valence-electron chi connectivity index (χ3n) is 8.15. The van der Waals surface area contributed by atoms with Crippen LogP contribution in [0.25, 0.3) is 33.1 Å². The van der Waals surface area contributed by atoms with Crippen LogP contribution in [0.1, 0.15) is 71.3 Å². The molecule has 0 spiro atoms. The summed E-state index contributed by atoms with van der Waals surface area (Å²) in [6.07, 6.45) is 1.67. The van der Waals surface area contributed by atoms with Crippen molar-refractivity contribution in [1.82, 2.24) is 20.3 Å². The summed E-state index contributed by atoms with van der Waals surface area (Å²) in [6, 6.07) is 11.1. The number of fused-ring (bicyclic) bond motifs is 2. The number of hydrogen-bond donors (Lipinski definition) is 4. The Morgan fingerprint density at radius 1 is 0.760 bits per heavy atom. The smallest absolute Gasteiger partial charge is 0.153 e. The van der Waals surface area contributed by atoms with Gasteiger partial charge in [-0.15, -0.1) is 0 Å². The van der Waals surface area contributed by atoms with E-state index in [0.717, 1.165) is 62.8 Å². The lowest BCUT2D eigenvalue weighted by Gasteiger charge is -2.31. The minimum atomic E-state index is -1.01. The molecule has 264 valence electrons. The summed E-state index contributed by atoms with van der Waals surface area (Å²) in [5.41, 5.74) is 4.74. The molecule has 12 nitrogen and oxygen atoms in total. The number of aromatic amines is 2. The van der Waals surface area contributed by atoms with E-state index in [-0.39, 0.29) is 0 Å². The van der Waals surface area contributed by atoms with E-state index >= 15 is 0 Å². The molecule has 14 heteroatoms. The van der Waals surface area contributed by atoms with Crippen molar-refractivity contribution in [2.24, 2.45) is 0 Å². The number of hydrogen-bond acceptors (Lipinski definition) is 10. The number of H-pyrrole nitrogens is 2. The van der Waals surface area contributed by atoms with Crippen molar-refractivity contribution in [3.8, 4) is 22.8 Å². The van der Waals surface area contributed by atoms with E-state index in [1.807, 2.05) is 57.2 Å². The second-order valence-electron chi connectivity index (χ2n) is 12.4. The molecule has 6 aromatic rings. The van der Waals surface area contributed by atoms with Gasteiger partial charge in [0, 0.05) is 27.4 Å². The Labute approximate surface area is 300 Å². The number of rotatable bonds is 6. The maximum atomic E-state index is 11.5. The molecule has 0 aliphatic rings. The third-order valence-corrected chi connectivity index (χ3v) is 8.77. The fourth-order valence-corrected chi connectivity index (χ4v) is 4.89. The molecule has 0 aliphatic heterocycles. The number of ether oxygens (including phenoxy) is 2. The molecule has 0 amide bonds. The van der Waals surface area contributed by atoms with Crippen LogP contribution in [0.3, 0.4) is 0 Å². The number of aliphatic hydroxyl groups is 2. The number of halogens is 1. The van der Waals surface area contributed by atoms with Crippen molar-refractivity contribution < 1.29 is 38.3 Å². The van der Waals surface area contributed by atoms with Crippen molar-refractivity contribution >= 4 is 63.6 Å². The van der Waals surface area contributed by atoms with Gasteiger partial charge in [0.25, 0.3) is 0 Å². The Bertz CT molecular complexity index is 2030. The molecule has 4 N–H and O–H groups in total. The van der Waals surface area contributed by atoms with E-state index < -0.39 is 11.2 Å². The average molecular weight is 749 g/mol. The van der Waals surface area contributed by atoms with Crippen LogP contribution in [-0.2, 0) is 0 Å². The zero-order chi connectivity index (χ0) is 37.6. The van der Waals surface area contributed by atoms with Gasteiger partial charge in [-0.2, -0.15) is 0 Å². The van der Waals surface area contributed by atoms with Crippen LogP contribution in [0.4, 0.5) is 0 Å². The van der Waals surface area contributed by atoms with Gasteiger partial charge in [-0.05, 0) is 113 Å². The third kappa shape index (κ3) is 9.11. The predicted octanol–water partition coefficient (Wildman–Crippen LogP) is 6.63. The first-order valence-corrected chi connectivity index (χ1v) is 16.2. The molecule has 2 aromatic carbocycles. The molecule has 0 fully saturated rings. The number of aromatic nitrogens is 4. The second-order valence-corrected chi connectivity index (χ2v) is 13.2. The van der Waals surface area contributed by atoms with Gasteiger partial charge in [-0.3, -0.25) is 9.59 Å². The summed E-state index contributed by atoms with van der Waals surface area (Å²) in [5.74, 6) is 2.84. The maximum absolute atomic E-state index is 11.5. The summed E-state index contributed by atoms with van der Waals surface area (Å²) in [4.78, 5) is 28.6. The van der Waals surface area contributed by atoms with Gasteiger partial charge < -0.3 is 38.7 Å². The standard InChI is InChI=1S/C15H14N2O3.C10H8BrNO2.C6H14O2.C5H6BNO/c1-8-14(9(2)20-17-8)15-12(7-18)11-6-10(19-3)4-5-13(11)16-15;1-14-6-2-3-9-7(4-6)8(5-13)10(11)12-9;1-5(2,7)6(3,4)8;1-3-5(6)4(2)8-7-3/h4-7,16H,1-3H3;2-5,12H,1H3;7-8H,1-4H3;1-2H3. The van der Waals surface area contributed by atoms with Gasteiger partial charge in [0.2, 0.25) is 0 Å². The topological polar surface area (TPSA) is 177 Å². The molecule has 50 heavy (non-hydrogen) atoms. The molecule has 0 aliphatic carbocycles. The van der Waals surface area contributed by atoms with Crippen molar-refractivity contribution in [3.05, 3.63) is 75.0 Å². The average Bonchev–Trinajstić information content (AvgIpc) is 3.78. The van der Waals surface area contributed by atoms with E-state index in [9.17, 15) is 9.59 Å². The summed E-state index contributed by atoms with van der Waals surface area (Å²) in [7, 11) is 8.65. The zero-order valence-corrected chi connectivity index (χ0v) is 31.4. The molecule has 2 radical (unpaired) electrons. The first-order chi connectivity index (χ1) is 23.4. The van der Waals surface area contributed by atoms with E-state index in [1.54, 1.807) is 48.8 Å². The number of carbonyl (C=O) groups excluding carboxylic acids is 2. The molecule has 0 saturated heterocycles. The largest absolute Gasteiger partial charge is 0.497 e. The summed E-state index contributed by atoms with van der Waals surface area (Å²) < 4.78 is 20.9. The van der Waals surface area contributed by atoms with Crippen LogP contribution in [0.2, 0.25) is 0 Å². The molecule has 4 aromatic heterocycles. The van der Waals surface area contributed by atoms with Crippen molar-refractivity contribution in [1.29, 1.82) is 0 Å². The Morgan fingerprint density at radius 2 is 1.22 bits per heavy atom.